The summed E-state index contributed by atoms with van der Waals surface area (Å²) in [7, 11) is 0. The molecule has 2 aromatic heterocycles. The predicted molar refractivity (Wildman–Crippen MR) is 101 cm³/mol. The van der Waals surface area contributed by atoms with Crippen LogP contribution in [0.1, 0.15) is 17.1 Å². The Bertz CT molecular complexity index is 1100. The first kappa shape index (κ1) is 19.1. The standard InChI is InChI=1S/C21H19N4O.Pt/c1-14-11-15(2)24(22-14)18-8-6-7-17(13-18)19-12-16(3)25(23-19)20-9-4-5-10-21(20)26;/h4-12,26H,1-3H3;/q-1;. The molecule has 0 aliphatic heterocycles. The molecule has 0 aliphatic rings. The van der Waals surface area contributed by atoms with Gasteiger partial charge in [-0.15, -0.1) is 29.8 Å². The topological polar surface area (TPSA) is 55.9 Å². The molecule has 2 heterocycles. The van der Waals surface area contributed by atoms with Crippen molar-refractivity contribution in [3.63, 3.8) is 0 Å². The normalized spacial score (nSPS) is 10.6. The van der Waals surface area contributed by atoms with Crippen LogP contribution in [0.4, 0.5) is 0 Å². The molecule has 27 heavy (non-hydrogen) atoms. The van der Waals surface area contributed by atoms with Gasteiger partial charge in [0, 0.05) is 38.1 Å². The van der Waals surface area contributed by atoms with Crippen LogP contribution < -0.4 is 0 Å². The summed E-state index contributed by atoms with van der Waals surface area (Å²) in [6, 6.07) is 20.5. The number of rotatable bonds is 3. The van der Waals surface area contributed by atoms with Crippen LogP contribution in [0.3, 0.4) is 0 Å². The molecule has 0 atom stereocenters. The minimum Gasteiger partial charge on any atom is -0.506 e. The van der Waals surface area contributed by atoms with E-state index in [1.165, 1.54) is 0 Å². The van der Waals surface area contributed by atoms with Crippen molar-refractivity contribution < 1.29 is 26.2 Å². The van der Waals surface area contributed by atoms with Gasteiger partial charge in [-0.3, -0.25) is 4.68 Å². The van der Waals surface area contributed by atoms with Crippen LogP contribution in [-0.2, 0) is 21.1 Å². The maximum atomic E-state index is 10.1. The Morgan fingerprint density at radius 1 is 0.852 bits per heavy atom. The Hall–Kier alpha value is -2.65. The van der Waals surface area contributed by atoms with Gasteiger partial charge in [-0.05, 0) is 44.7 Å². The van der Waals surface area contributed by atoms with Crippen LogP contribution in [0.25, 0.3) is 22.6 Å². The summed E-state index contributed by atoms with van der Waals surface area (Å²) >= 11 is 0. The predicted octanol–water partition coefficient (Wildman–Crippen LogP) is 4.15. The number of phenols is 1. The number of aromatic hydroxyl groups is 1. The summed E-state index contributed by atoms with van der Waals surface area (Å²) in [5.41, 5.74) is 6.19. The van der Waals surface area contributed by atoms with E-state index < -0.39 is 0 Å². The average molecular weight is 538 g/mol. The number of phenolic OH excluding ortho intramolecular Hbond substituents is 1. The van der Waals surface area contributed by atoms with Crippen molar-refractivity contribution in [2.75, 3.05) is 0 Å². The Morgan fingerprint density at radius 3 is 2.30 bits per heavy atom. The number of nitrogens with zero attached hydrogens (tertiary/aromatic N) is 4. The molecule has 0 radical (unpaired) electrons. The van der Waals surface area contributed by atoms with E-state index in [1.807, 2.05) is 67.9 Å². The number of aryl methyl sites for hydroxylation is 3. The fourth-order valence-electron chi connectivity index (χ4n) is 3.10. The third-order valence-corrected chi connectivity index (χ3v) is 4.29. The molecule has 6 heteroatoms. The van der Waals surface area contributed by atoms with Crippen molar-refractivity contribution in [1.29, 1.82) is 0 Å². The van der Waals surface area contributed by atoms with E-state index in [0.29, 0.717) is 5.69 Å². The molecule has 0 saturated heterocycles. The third-order valence-electron chi connectivity index (χ3n) is 4.29. The van der Waals surface area contributed by atoms with Crippen LogP contribution in [0.2, 0.25) is 0 Å². The molecule has 0 fully saturated rings. The average Bonchev–Trinajstić information content (AvgIpc) is 3.17. The van der Waals surface area contributed by atoms with Gasteiger partial charge in [0.15, 0.2) is 0 Å². The maximum Gasteiger partial charge on any atom is 0.141 e. The SMILES string of the molecule is Cc1cc(C)n(-c2[c-]c(-c3cc(C)n(-c4ccccc4O)n3)ccc2)n1.[Pt]. The van der Waals surface area contributed by atoms with E-state index in [0.717, 1.165) is 34.0 Å². The molecule has 0 saturated carbocycles. The molecule has 0 amide bonds. The van der Waals surface area contributed by atoms with Crippen molar-refractivity contribution in [2.24, 2.45) is 0 Å². The summed E-state index contributed by atoms with van der Waals surface area (Å²) < 4.78 is 3.63. The molecular formula is C21H19N4OPt-. The molecule has 1 N–H and O–H groups in total. The zero-order valence-electron chi connectivity index (χ0n) is 15.2. The number of benzene rings is 2. The van der Waals surface area contributed by atoms with Crippen molar-refractivity contribution >= 4 is 0 Å². The molecule has 4 rings (SSSR count). The Kier molecular flexibility index (Phi) is 5.33. The van der Waals surface area contributed by atoms with Gasteiger partial charge < -0.3 is 5.11 Å². The van der Waals surface area contributed by atoms with E-state index >= 15 is 0 Å². The van der Waals surface area contributed by atoms with Gasteiger partial charge >= 0.3 is 0 Å². The monoisotopic (exact) mass is 538 g/mol. The largest absolute Gasteiger partial charge is 0.506 e. The van der Waals surface area contributed by atoms with Gasteiger partial charge in [-0.2, -0.15) is 5.10 Å². The summed E-state index contributed by atoms with van der Waals surface area (Å²) in [5.74, 6) is 0.200. The first-order valence-corrected chi connectivity index (χ1v) is 8.44. The molecular weight excluding hydrogens is 519 g/mol. The summed E-state index contributed by atoms with van der Waals surface area (Å²) in [6.07, 6.45) is 0. The van der Waals surface area contributed by atoms with Gasteiger partial charge in [0.1, 0.15) is 11.4 Å². The summed E-state index contributed by atoms with van der Waals surface area (Å²) in [6.45, 7) is 5.97. The second kappa shape index (κ2) is 7.53. The molecule has 0 unspecified atom stereocenters. The van der Waals surface area contributed by atoms with Crippen LogP contribution in [0, 0.1) is 26.8 Å². The van der Waals surface area contributed by atoms with E-state index in [1.54, 1.807) is 16.8 Å². The molecule has 0 bridgehead atoms. The van der Waals surface area contributed by atoms with E-state index in [9.17, 15) is 5.11 Å². The summed E-state index contributed by atoms with van der Waals surface area (Å²) in [4.78, 5) is 0. The second-order valence-corrected chi connectivity index (χ2v) is 6.36. The van der Waals surface area contributed by atoms with E-state index in [4.69, 9.17) is 0 Å². The third kappa shape index (κ3) is 3.60. The van der Waals surface area contributed by atoms with Crippen LogP contribution in [0.5, 0.6) is 5.75 Å². The quantitative estimate of drug-likeness (QED) is 0.399. The van der Waals surface area contributed by atoms with Gasteiger partial charge in [0.25, 0.3) is 0 Å². The molecule has 5 nitrogen and oxygen atoms in total. The Morgan fingerprint density at radius 2 is 1.59 bits per heavy atom. The van der Waals surface area contributed by atoms with Crippen molar-refractivity contribution in [3.8, 4) is 28.4 Å². The van der Waals surface area contributed by atoms with Crippen molar-refractivity contribution in [1.82, 2.24) is 19.6 Å². The van der Waals surface area contributed by atoms with Gasteiger partial charge in [-0.25, -0.2) is 9.78 Å². The zero-order valence-corrected chi connectivity index (χ0v) is 17.5. The van der Waals surface area contributed by atoms with Crippen LogP contribution >= 0.6 is 0 Å². The van der Waals surface area contributed by atoms with Gasteiger partial charge in [-0.1, -0.05) is 18.2 Å². The van der Waals surface area contributed by atoms with Gasteiger partial charge in [0.05, 0.1) is 5.69 Å². The van der Waals surface area contributed by atoms with Crippen LogP contribution in [-0.4, -0.2) is 24.7 Å². The molecule has 2 aromatic carbocycles. The minimum atomic E-state index is 0. The smallest absolute Gasteiger partial charge is 0.141 e. The van der Waals surface area contributed by atoms with E-state index in [-0.39, 0.29) is 26.8 Å². The fraction of sp³-hybridized carbons (Fsp3) is 0.143. The van der Waals surface area contributed by atoms with Crippen LogP contribution in [0.15, 0.2) is 54.6 Å². The molecule has 0 aliphatic carbocycles. The molecule has 140 valence electrons. The maximum absolute atomic E-state index is 10.1. The molecule has 4 aromatic rings. The van der Waals surface area contributed by atoms with Crippen molar-refractivity contribution in [3.05, 3.63) is 77.7 Å². The zero-order chi connectivity index (χ0) is 18.3. The van der Waals surface area contributed by atoms with E-state index in [2.05, 4.69) is 16.3 Å². The van der Waals surface area contributed by atoms with Crippen molar-refractivity contribution in [2.45, 2.75) is 20.8 Å². The first-order chi connectivity index (χ1) is 12.5. The second-order valence-electron chi connectivity index (χ2n) is 6.36. The van der Waals surface area contributed by atoms with Gasteiger partial charge in [0.2, 0.25) is 0 Å². The number of aromatic nitrogens is 4. The number of para-hydroxylation sites is 2. The molecule has 0 spiro atoms. The summed E-state index contributed by atoms with van der Waals surface area (Å²) in [5, 5.41) is 19.3. The minimum absolute atomic E-state index is 0. The fourth-order valence-corrected chi connectivity index (χ4v) is 3.10. The number of hydrogen-bond acceptors (Lipinski definition) is 3. The Balaban J connectivity index is 0.00000210. The first-order valence-electron chi connectivity index (χ1n) is 8.44. The number of hydrogen-bond donors (Lipinski definition) is 1. The Labute approximate surface area is 172 Å².